The Morgan fingerprint density at radius 2 is 1.69 bits per heavy atom. The molecule has 0 radical (unpaired) electrons. The average molecular weight is 1220 g/mol. The Bertz CT molecular complexity index is 3900. The maximum absolute atomic E-state index is 14.2. The highest BCUT2D eigenvalue weighted by Gasteiger charge is 2.45. The second-order valence-electron chi connectivity index (χ2n) is 23.9. The first kappa shape index (κ1) is 60.3. The number of pyridine rings is 1. The number of nitrogens with one attached hydrogen (secondary N) is 4. The van der Waals surface area contributed by atoms with Crippen LogP contribution >= 0.6 is 11.6 Å². The molecule has 4 N–H and O–H groups in total. The van der Waals surface area contributed by atoms with Crippen molar-refractivity contribution >= 4 is 84.8 Å². The fourth-order valence-electron chi connectivity index (χ4n) is 12.4. The van der Waals surface area contributed by atoms with E-state index in [-0.39, 0.29) is 52.3 Å². The Morgan fingerprint density at radius 3 is 2.48 bits per heavy atom. The van der Waals surface area contributed by atoms with E-state index in [9.17, 15) is 42.5 Å². The molecular formula is C65H69ClN10O10S. The molecule has 5 aliphatic rings. The molecule has 0 bridgehead atoms. The van der Waals surface area contributed by atoms with Gasteiger partial charge in [-0.3, -0.25) is 49.2 Å². The molecule has 2 unspecified atom stereocenters. The molecule has 3 saturated heterocycles. The van der Waals surface area contributed by atoms with Crippen LogP contribution in [0.4, 0.5) is 17.1 Å². The number of hydrogen-bond acceptors (Lipinski definition) is 15. The first-order valence-corrected chi connectivity index (χ1v) is 31.6. The molecule has 452 valence electrons. The zero-order chi connectivity index (χ0) is 61.0. The predicted octanol–water partition coefficient (Wildman–Crippen LogP) is 9.96. The first-order valence-electron chi connectivity index (χ1n) is 29.7. The van der Waals surface area contributed by atoms with Gasteiger partial charge in [-0.2, -0.15) is 0 Å². The third kappa shape index (κ3) is 14.1. The van der Waals surface area contributed by atoms with Crippen molar-refractivity contribution in [2.24, 2.45) is 11.3 Å². The van der Waals surface area contributed by atoms with Crippen LogP contribution in [0.25, 0.3) is 16.6 Å². The number of ether oxygens (including phenoxy) is 1. The largest absolute Gasteiger partial charge is 0.455 e. The number of nitro groups is 1. The summed E-state index contributed by atoms with van der Waals surface area (Å²) in [5, 5.41) is 19.4. The number of benzene rings is 4. The van der Waals surface area contributed by atoms with Crippen molar-refractivity contribution in [3.8, 4) is 23.3 Å². The van der Waals surface area contributed by atoms with Gasteiger partial charge in [0.15, 0.2) is 0 Å². The van der Waals surface area contributed by atoms with Gasteiger partial charge in [0.25, 0.3) is 33.4 Å². The number of piperidine rings is 2. The minimum Gasteiger partial charge on any atom is -0.455 e. The van der Waals surface area contributed by atoms with Gasteiger partial charge in [-0.1, -0.05) is 61.4 Å². The number of piperazine rings is 1. The van der Waals surface area contributed by atoms with Crippen LogP contribution in [0.2, 0.25) is 5.02 Å². The molecule has 0 spiro atoms. The third-order valence-electron chi connectivity index (χ3n) is 17.2. The second-order valence-corrected chi connectivity index (χ2v) is 26.1. The highest BCUT2D eigenvalue weighted by atomic mass is 35.5. The SMILES string of the molecule is CC1(C)CCC(CN2CCN(c3ccc(C(=O)NS(=O)(=O)c4ccc(NCC5CCCN(CCCCCC#Cc6ccc7c(c6)C(=O)N(C6CCC(=O)NC6=O)C7=O)C5)c([N+](=O)[O-])c4)c(Oc4cnc5[nH]ccc5c4)c3)CC2)=C(c2ccc(Cl)cc2)C1. The number of carbonyl (C=O) groups is 5. The second kappa shape index (κ2) is 25.9. The number of allylic oxidation sites excluding steroid dienone is 1. The van der Waals surface area contributed by atoms with Crippen LogP contribution in [-0.2, 0) is 19.6 Å². The molecule has 2 aromatic heterocycles. The molecule has 6 heterocycles. The number of unbranched alkanes of at least 4 members (excludes halogenated alkanes) is 3. The number of fused-ring (bicyclic) bond motifs is 2. The summed E-state index contributed by atoms with van der Waals surface area (Å²) >= 11 is 6.27. The molecule has 6 aromatic rings. The number of H-pyrrole nitrogens is 1. The molecule has 5 amide bonds. The lowest BCUT2D eigenvalue weighted by molar-refractivity contribution is -0.384. The minimum absolute atomic E-state index is 0.0463. The number of rotatable bonds is 19. The van der Waals surface area contributed by atoms with Crippen molar-refractivity contribution in [3.05, 3.63) is 152 Å². The van der Waals surface area contributed by atoms with E-state index in [1.165, 1.54) is 41.1 Å². The van der Waals surface area contributed by atoms with Gasteiger partial charge in [-0.05, 0) is 154 Å². The Labute approximate surface area is 510 Å². The zero-order valence-corrected chi connectivity index (χ0v) is 50.2. The lowest BCUT2D eigenvalue weighted by Crippen LogP contribution is -2.54. The first-order chi connectivity index (χ1) is 41.8. The summed E-state index contributed by atoms with van der Waals surface area (Å²) in [7, 11) is -4.64. The van der Waals surface area contributed by atoms with Crippen LogP contribution < -0.4 is 25.0 Å². The zero-order valence-electron chi connectivity index (χ0n) is 48.7. The quantitative estimate of drug-likeness (QED) is 0.0194. The fourth-order valence-corrected chi connectivity index (χ4v) is 13.5. The van der Waals surface area contributed by atoms with Crippen molar-refractivity contribution in [2.75, 3.05) is 69.1 Å². The smallest absolute Gasteiger partial charge is 0.293 e. The van der Waals surface area contributed by atoms with E-state index >= 15 is 0 Å². The molecule has 22 heteroatoms. The number of nitro benzene ring substituents is 1. The highest BCUT2D eigenvalue weighted by molar-refractivity contribution is 7.90. The predicted molar refractivity (Wildman–Crippen MR) is 331 cm³/mol. The minimum atomic E-state index is -4.64. The van der Waals surface area contributed by atoms with Crippen LogP contribution in [0.1, 0.15) is 127 Å². The molecule has 87 heavy (non-hydrogen) atoms. The molecule has 4 aromatic carbocycles. The molecular weight excluding hydrogens is 1150 g/mol. The molecule has 1 aliphatic carbocycles. The molecule has 11 rings (SSSR count). The lowest BCUT2D eigenvalue weighted by Gasteiger charge is -2.39. The molecule has 2 atom stereocenters. The number of nitrogens with zero attached hydrogens (tertiary/aromatic N) is 6. The summed E-state index contributed by atoms with van der Waals surface area (Å²) in [6.07, 6.45) is 11.8. The van der Waals surface area contributed by atoms with Crippen molar-refractivity contribution in [3.63, 3.8) is 0 Å². The number of imide groups is 2. The number of aromatic amines is 1. The van der Waals surface area contributed by atoms with Crippen molar-refractivity contribution in [1.82, 2.24) is 34.7 Å². The van der Waals surface area contributed by atoms with Crippen LogP contribution in [0.3, 0.4) is 0 Å². The average Bonchev–Trinajstić information content (AvgIpc) is 2.88. The number of likely N-dealkylation sites (tertiary alicyclic amines) is 1. The number of amides is 5. The normalized spacial score (nSPS) is 19.2. The van der Waals surface area contributed by atoms with Crippen LogP contribution in [0.15, 0.2) is 114 Å². The Balaban J connectivity index is 0.680. The van der Waals surface area contributed by atoms with Crippen LogP contribution in [-0.4, -0.2) is 132 Å². The summed E-state index contributed by atoms with van der Waals surface area (Å²) in [4.78, 5) is 91.4. The molecule has 0 saturated carbocycles. The van der Waals surface area contributed by atoms with Gasteiger partial charge in [-0.15, -0.1) is 0 Å². The van der Waals surface area contributed by atoms with E-state index in [2.05, 4.69) is 77.8 Å². The monoisotopic (exact) mass is 1220 g/mol. The Kier molecular flexibility index (Phi) is 17.9. The molecule has 20 nitrogen and oxygen atoms in total. The van der Waals surface area contributed by atoms with Gasteiger partial charge in [-0.25, -0.2) is 18.1 Å². The Hall–Kier alpha value is -8.42. The van der Waals surface area contributed by atoms with Gasteiger partial charge in [0.05, 0.1) is 32.7 Å². The Morgan fingerprint density at radius 1 is 0.885 bits per heavy atom. The highest BCUT2D eigenvalue weighted by Crippen LogP contribution is 2.44. The van der Waals surface area contributed by atoms with E-state index in [1.54, 1.807) is 42.6 Å². The summed E-state index contributed by atoms with van der Waals surface area (Å²) in [5.74, 6) is 3.67. The fraction of sp³-hybridized carbons (Fsp3) is 0.385. The van der Waals surface area contributed by atoms with E-state index in [0.29, 0.717) is 48.0 Å². The molecule has 3 fully saturated rings. The number of aromatic nitrogens is 2. The summed E-state index contributed by atoms with van der Waals surface area (Å²) in [6, 6.07) is 24.2. The van der Waals surface area contributed by atoms with Gasteiger partial charge >= 0.3 is 0 Å². The van der Waals surface area contributed by atoms with Gasteiger partial charge < -0.3 is 24.8 Å². The maximum Gasteiger partial charge on any atom is 0.293 e. The van der Waals surface area contributed by atoms with E-state index < -0.39 is 61.1 Å². The standard InChI is InChI=1S/C65H69ClN10O10S/c1-65(2)25-23-46(54(37-65)44-12-14-47(66)15-13-44)41-73-29-31-74(32-30-73)48-16-19-52(58(35-48)86-49-34-45-24-26-67-60(45)69-39-49)61(78)71-87(84,85)50-17-20-55(57(36-50)76(82)83)68-38-43-10-8-28-72(40-43)27-7-5-3-4-6-9-42-11-18-51-53(33-42)64(81)75(63(51)80)56-21-22-59(77)70-62(56)79/h11-20,24,26,33-36,39,43,56,68H,3-5,7-8,10,21-23,25,27-32,37-38,40-41H2,1-2H3,(H,67,69)(H,71,78)(H,70,77,79). The van der Waals surface area contributed by atoms with E-state index in [0.717, 1.165) is 113 Å². The number of halogens is 1. The van der Waals surface area contributed by atoms with Crippen LogP contribution in [0, 0.1) is 33.3 Å². The third-order valence-corrected chi connectivity index (χ3v) is 18.8. The van der Waals surface area contributed by atoms with Crippen molar-refractivity contribution in [2.45, 2.75) is 95.4 Å². The number of carbonyl (C=O) groups excluding carboxylic acids is 5. The number of sulfonamides is 1. The van der Waals surface area contributed by atoms with Crippen LogP contribution in [0.5, 0.6) is 11.5 Å². The van der Waals surface area contributed by atoms with Gasteiger partial charge in [0.2, 0.25) is 11.8 Å². The maximum atomic E-state index is 14.2. The van der Waals surface area contributed by atoms with E-state index in [1.807, 2.05) is 18.2 Å². The number of anilines is 2. The summed E-state index contributed by atoms with van der Waals surface area (Å²) in [5.41, 5.74) is 6.34. The van der Waals surface area contributed by atoms with Gasteiger partial charge in [0.1, 0.15) is 28.9 Å². The van der Waals surface area contributed by atoms with Crippen molar-refractivity contribution < 1.29 is 42.1 Å². The summed E-state index contributed by atoms with van der Waals surface area (Å²) < 4.78 is 36.5. The van der Waals surface area contributed by atoms with Gasteiger partial charge in [0, 0.05) is 98.6 Å². The number of hydrogen-bond donors (Lipinski definition) is 4. The van der Waals surface area contributed by atoms with Crippen molar-refractivity contribution in [1.29, 1.82) is 0 Å². The van der Waals surface area contributed by atoms with E-state index in [4.69, 9.17) is 16.3 Å². The molecule has 4 aliphatic heterocycles. The summed E-state index contributed by atoms with van der Waals surface area (Å²) in [6.45, 7) is 11.5. The topological polar surface area (TPSA) is 250 Å². The lowest BCUT2D eigenvalue weighted by atomic mass is 9.72.